The molecule has 3 aliphatic carbocycles. The number of allylic oxidation sites excluding steroid dienone is 2. The quantitative estimate of drug-likeness (QED) is 0.461. The predicted octanol–water partition coefficient (Wildman–Crippen LogP) is 3.29. The van der Waals surface area contributed by atoms with Gasteiger partial charge in [-0.3, -0.25) is 4.79 Å². The van der Waals surface area contributed by atoms with Gasteiger partial charge < -0.3 is 10.5 Å². The van der Waals surface area contributed by atoms with Gasteiger partial charge >= 0.3 is 5.97 Å². The molecule has 3 nitrogen and oxygen atoms in total. The standard InChI is InChI=1S/C17H29NO2/c1-17(2)13-10-12(16(18)14(17)11-13)8-6-4-5-7-9-15(19)20-3/h4,6,12-14,16H,5,7-11,18H2,1-3H3/b6-4-/t12-,13-,14-,16+/m0/s1. The highest BCUT2D eigenvalue weighted by Gasteiger charge is 2.56. The highest BCUT2D eigenvalue weighted by Crippen LogP contribution is 2.60. The van der Waals surface area contributed by atoms with Crippen molar-refractivity contribution in [2.24, 2.45) is 28.9 Å². The molecular formula is C17H29NO2. The van der Waals surface area contributed by atoms with Gasteiger partial charge in [0.1, 0.15) is 0 Å². The molecule has 4 atom stereocenters. The second kappa shape index (κ2) is 6.30. The molecule has 0 aromatic carbocycles. The maximum absolute atomic E-state index is 11.0. The number of hydrogen-bond acceptors (Lipinski definition) is 3. The van der Waals surface area contributed by atoms with Crippen molar-refractivity contribution in [2.45, 2.75) is 58.4 Å². The van der Waals surface area contributed by atoms with Gasteiger partial charge in [0.15, 0.2) is 0 Å². The van der Waals surface area contributed by atoms with Crippen LogP contribution >= 0.6 is 0 Å². The number of ether oxygens (including phenoxy) is 1. The largest absolute Gasteiger partial charge is 0.469 e. The molecule has 0 unspecified atom stereocenters. The summed E-state index contributed by atoms with van der Waals surface area (Å²) in [5, 5.41) is 0. The monoisotopic (exact) mass is 279 g/mol. The van der Waals surface area contributed by atoms with Gasteiger partial charge in [-0.25, -0.2) is 0 Å². The molecule has 2 bridgehead atoms. The van der Waals surface area contributed by atoms with E-state index >= 15 is 0 Å². The number of hydrogen-bond donors (Lipinski definition) is 1. The summed E-state index contributed by atoms with van der Waals surface area (Å²) >= 11 is 0. The molecule has 3 aliphatic rings. The van der Waals surface area contributed by atoms with Crippen molar-refractivity contribution >= 4 is 5.97 Å². The Bertz CT molecular complexity index is 375. The molecule has 0 amide bonds. The minimum absolute atomic E-state index is 0.116. The molecule has 2 N–H and O–H groups in total. The van der Waals surface area contributed by atoms with Crippen LogP contribution in [-0.2, 0) is 9.53 Å². The first-order chi connectivity index (χ1) is 9.46. The zero-order chi connectivity index (χ0) is 14.8. The van der Waals surface area contributed by atoms with Crippen LogP contribution in [-0.4, -0.2) is 19.1 Å². The maximum Gasteiger partial charge on any atom is 0.305 e. The molecule has 20 heavy (non-hydrogen) atoms. The molecule has 3 fully saturated rings. The normalized spacial score (nSPS) is 34.8. The summed E-state index contributed by atoms with van der Waals surface area (Å²) in [5.74, 6) is 2.14. The first-order valence-electron chi connectivity index (χ1n) is 7.94. The first kappa shape index (κ1) is 15.6. The number of esters is 1. The average Bonchev–Trinajstić information content (AvgIpc) is 2.43. The van der Waals surface area contributed by atoms with Crippen LogP contribution in [0.4, 0.5) is 0 Å². The van der Waals surface area contributed by atoms with Crippen LogP contribution in [0.15, 0.2) is 12.2 Å². The third kappa shape index (κ3) is 3.08. The number of carbonyl (C=O) groups is 1. The van der Waals surface area contributed by atoms with Crippen molar-refractivity contribution in [3.63, 3.8) is 0 Å². The van der Waals surface area contributed by atoms with E-state index < -0.39 is 0 Å². The van der Waals surface area contributed by atoms with Crippen LogP contribution in [0.1, 0.15) is 52.4 Å². The minimum atomic E-state index is -0.116. The second-order valence-corrected chi connectivity index (χ2v) is 7.11. The van der Waals surface area contributed by atoms with E-state index in [0.29, 0.717) is 23.8 Å². The first-order valence-corrected chi connectivity index (χ1v) is 7.94. The highest BCUT2D eigenvalue weighted by molar-refractivity contribution is 5.69. The van der Waals surface area contributed by atoms with E-state index in [1.165, 1.54) is 20.0 Å². The van der Waals surface area contributed by atoms with Gasteiger partial charge in [0.25, 0.3) is 0 Å². The van der Waals surface area contributed by atoms with Crippen molar-refractivity contribution in [3.05, 3.63) is 12.2 Å². The van der Waals surface area contributed by atoms with E-state index in [-0.39, 0.29) is 5.97 Å². The van der Waals surface area contributed by atoms with Crippen molar-refractivity contribution in [3.8, 4) is 0 Å². The molecule has 0 aliphatic heterocycles. The Kier molecular flexibility index (Phi) is 4.90. The number of nitrogens with two attached hydrogens (primary N) is 1. The van der Waals surface area contributed by atoms with Gasteiger partial charge in [-0.05, 0) is 55.3 Å². The van der Waals surface area contributed by atoms with Crippen LogP contribution in [0.5, 0.6) is 0 Å². The summed E-state index contributed by atoms with van der Waals surface area (Å²) < 4.78 is 4.62. The Balaban J connectivity index is 1.67. The summed E-state index contributed by atoms with van der Waals surface area (Å²) in [6, 6.07) is 0.370. The molecule has 114 valence electrons. The van der Waals surface area contributed by atoms with Crippen LogP contribution in [0.3, 0.4) is 0 Å². The second-order valence-electron chi connectivity index (χ2n) is 7.11. The maximum atomic E-state index is 11.0. The fourth-order valence-electron chi connectivity index (χ4n) is 4.07. The Morgan fingerprint density at radius 1 is 1.35 bits per heavy atom. The van der Waals surface area contributed by atoms with Gasteiger partial charge in [0.05, 0.1) is 7.11 Å². The van der Waals surface area contributed by atoms with E-state index in [1.54, 1.807) is 0 Å². The SMILES string of the molecule is COC(=O)CCC/C=C\C[C@H]1C[C@H]2C[C@@H]([C@@H]1N)C2(C)C. The zero-order valence-corrected chi connectivity index (χ0v) is 13.1. The summed E-state index contributed by atoms with van der Waals surface area (Å²) in [5.41, 5.74) is 6.91. The molecular weight excluding hydrogens is 250 g/mol. The Labute approximate surface area is 122 Å². The Morgan fingerprint density at radius 2 is 2.10 bits per heavy atom. The van der Waals surface area contributed by atoms with Crippen molar-refractivity contribution < 1.29 is 9.53 Å². The van der Waals surface area contributed by atoms with Gasteiger partial charge in [0, 0.05) is 12.5 Å². The molecule has 3 rings (SSSR count). The molecule has 0 aromatic heterocycles. The van der Waals surface area contributed by atoms with Gasteiger partial charge in [-0.1, -0.05) is 26.0 Å². The number of methoxy groups -OCH3 is 1. The molecule has 3 heteroatoms. The lowest BCUT2D eigenvalue weighted by molar-refractivity contribution is -0.140. The Morgan fingerprint density at radius 3 is 2.70 bits per heavy atom. The lowest BCUT2D eigenvalue weighted by Gasteiger charge is -2.61. The molecule has 3 saturated carbocycles. The fraction of sp³-hybridized carbons (Fsp3) is 0.824. The van der Waals surface area contributed by atoms with Gasteiger partial charge in [0.2, 0.25) is 0 Å². The molecule has 0 radical (unpaired) electrons. The zero-order valence-electron chi connectivity index (χ0n) is 13.1. The van der Waals surface area contributed by atoms with E-state index in [4.69, 9.17) is 5.73 Å². The highest BCUT2D eigenvalue weighted by atomic mass is 16.5. The summed E-state index contributed by atoms with van der Waals surface area (Å²) in [6.07, 6.45) is 10.5. The molecule has 0 heterocycles. The summed E-state index contributed by atoms with van der Waals surface area (Å²) in [7, 11) is 1.44. The number of rotatable bonds is 6. The molecule has 0 spiro atoms. The third-order valence-corrected chi connectivity index (χ3v) is 5.73. The topological polar surface area (TPSA) is 52.3 Å². The van der Waals surface area contributed by atoms with Gasteiger partial charge in [-0.2, -0.15) is 0 Å². The van der Waals surface area contributed by atoms with Crippen molar-refractivity contribution in [1.82, 2.24) is 0 Å². The number of fused-ring (bicyclic) bond motifs is 2. The van der Waals surface area contributed by atoms with Crippen LogP contribution in [0, 0.1) is 23.2 Å². The smallest absolute Gasteiger partial charge is 0.305 e. The van der Waals surface area contributed by atoms with Crippen LogP contribution in [0.25, 0.3) is 0 Å². The van der Waals surface area contributed by atoms with Crippen molar-refractivity contribution in [2.75, 3.05) is 7.11 Å². The summed E-state index contributed by atoms with van der Waals surface area (Å²) in [4.78, 5) is 11.0. The lowest BCUT2D eigenvalue weighted by Crippen LogP contribution is -2.61. The van der Waals surface area contributed by atoms with Crippen molar-refractivity contribution in [1.29, 1.82) is 0 Å². The molecule has 0 aromatic rings. The minimum Gasteiger partial charge on any atom is -0.469 e. The van der Waals surface area contributed by atoms with E-state index in [1.807, 2.05) is 0 Å². The fourth-order valence-corrected chi connectivity index (χ4v) is 4.07. The predicted molar refractivity (Wildman–Crippen MR) is 81.1 cm³/mol. The Hall–Kier alpha value is -0.830. The molecule has 0 saturated heterocycles. The van der Waals surface area contributed by atoms with Crippen LogP contribution in [0.2, 0.25) is 0 Å². The van der Waals surface area contributed by atoms with E-state index in [9.17, 15) is 4.79 Å². The van der Waals surface area contributed by atoms with E-state index in [0.717, 1.165) is 31.1 Å². The third-order valence-electron chi connectivity index (χ3n) is 5.73. The van der Waals surface area contributed by atoms with Crippen LogP contribution < -0.4 is 5.73 Å². The lowest BCUT2D eigenvalue weighted by atomic mass is 9.45. The summed E-state index contributed by atoms with van der Waals surface area (Å²) in [6.45, 7) is 4.76. The number of carbonyl (C=O) groups excluding carboxylic acids is 1. The van der Waals surface area contributed by atoms with Gasteiger partial charge in [-0.15, -0.1) is 0 Å². The van der Waals surface area contributed by atoms with E-state index in [2.05, 4.69) is 30.7 Å². The number of unbranched alkanes of at least 4 members (excludes halogenated alkanes) is 1. The average molecular weight is 279 g/mol.